The van der Waals surface area contributed by atoms with Gasteiger partial charge in [-0.3, -0.25) is 4.79 Å². The van der Waals surface area contributed by atoms with E-state index in [4.69, 9.17) is 4.74 Å². The quantitative estimate of drug-likeness (QED) is 0.663. The van der Waals surface area contributed by atoms with Crippen molar-refractivity contribution in [1.29, 1.82) is 0 Å². The molecule has 0 saturated carbocycles. The topological polar surface area (TPSA) is 36.0 Å². The number of carbonyl (C=O) groups excluding carboxylic acids is 1. The minimum absolute atomic E-state index is 0.103. The number of benzene rings is 2. The van der Waals surface area contributed by atoms with Gasteiger partial charge in [0.05, 0.1) is 5.69 Å². The molecule has 0 N–H and O–H groups in total. The average Bonchev–Trinajstić information content (AvgIpc) is 3.28. The van der Waals surface area contributed by atoms with Crippen molar-refractivity contribution >= 4 is 17.3 Å². The van der Waals surface area contributed by atoms with Crippen molar-refractivity contribution in [3.05, 3.63) is 58.9 Å². The van der Waals surface area contributed by atoms with E-state index in [9.17, 15) is 4.79 Å². The maximum absolute atomic E-state index is 15.1. The standard InChI is InChI=1S/C27H32FN3O2/c1-27(2,33-5)13-10-19-6-8-23-20(16-19)11-15-31(26(23)32)21-7-9-25(24(28)17-21)30-14-12-22(18-30)29(3)4/h6-9,16-17,22H,11-12,14-15,18H2,1-5H3/t22-/m1/s1. The van der Waals surface area contributed by atoms with Crippen LogP contribution in [0.1, 0.15) is 41.8 Å². The summed E-state index contributed by atoms with van der Waals surface area (Å²) in [6.45, 7) is 5.98. The molecule has 174 valence electrons. The molecule has 2 aliphatic heterocycles. The Morgan fingerprint density at radius 2 is 1.94 bits per heavy atom. The maximum Gasteiger partial charge on any atom is 0.258 e. The Morgan fingerprint density at radius 1 is 1.15 bits per heavy atom. The van der Waals surface area contributed by atoms with Gasteiger partial charge < -0.3 is 19.4 Å². The van der Waals surface area contributed by atoms with Gasteiger partial charge in [-0.05, 0) is 82.7 Å². The molecule has 0 bridgehead atoms. The number of nitrogens with zero attached hydrogens (tertiary/aromatic N) is 3. The van der Waals surface area contributed by atoms with Crippen molar-refractivity contribution in [3.8, 4) is 11.8 Å². The monoisotopic (exact) mass is 449 g/mol. The highest BCUT2D eigenvalue weighted by molar-refractivity contribution is 6.08. The van der Waals surface area contributed by atoms with Gasteiger partial charge >= 0.3 is 0 Å². The largest absolute Gasteiger partial charge is 0.368 e. The van der Waals surface area contributed by atoms with Crippen LogP contribution >= 0.6 is 0 Å². The molecule has 0 spiro atoms. The zero-order valence-electron chi connectivity index (χ0n) is 20.1. The molecule has 1 fully saturated rings. The van der Waals surface area contributed by atoms with Crippen molar-refractivity contribution in [2.75, 3.05) is 50.6 Å². The van der Waals surface area contributed by atoms with Crippen molar-refractivity contribution in [3.63, 3.8) is 0 Å². The van der Waals surface area contributed by atoms with Gasteiger partial charge in [0.1, 0.15) is 11.4 Å². The van der Waals surface area contributed by atoms with Crippen LogP contribution < -0.4 is 9.80 Å². The number of rotatable bonds is 4. The van der Waals surface area contributed by atoms with E-state index in [1.807, 2.05) is 44.2 Å². The van der Waals surface area contributed by atoms with Crippen molar-refractivity contribution in [1.82, 2.24) is 4.90 Å². The predicted octanol–water partition coefficient (Wildman–Crippen LogP) is 3.95. The predicted molar refractivity (Wildman–Crippen MR) is 130 cm³/mol. The van der Waals surface area contributed by atoms with E-state index in [1.165, 1.54) is 6.07 Å². The number of fused-ring (bicyclic) bond motifs is 1. The van der Waals surface area contributed by atoms with Gasteiger partial charge in [0.2, 0.25) is 0 Å². The van der Waals surface area contributed by atoms with Gasteiger partial charge in [0.25, 0.3) is 5.91 Å². The lowest BCUT2D eigenvalue weighted by Crippen LogP contribution is -2.37. The van der Waals surface area contributed by atoms with Crippen molar-refractivity contribution in [2.45, 2.75) is 38.3 Å². The van der Waals surface area contributed by atoms with Crippen LogP contribution in [0.3, 0.4) is 0 Å². The van der Waals surface area contributed by atoms with Crippen LogP contribution in [0.5, 0.6) is 0 Å². The van der Waals surface area contributed by atoms with Gasteiger partial charge in [-0.15, -0.1) is 0 Å². The number of amides is 1. The number of carbonyl (C=O) groups is 1. The SMILES string of the molecule is COC(C)(C)C#Cc1ccc2c(c1)CCN(c1ccc(N3CC[C@@H](N(C)C)C3)c(F)c1)C2=O. The molecule has 5 nitrogen and oxygen atoms in total. The van der Waals surface area contributed by atoms with E-state index in [0.29, 0.717) is 35.9 Å². The fourth-order valence-corrected chi connectivity index (χ4v) is 4.39. The van der Waals surface area contributed by atoms with Crippen LogP contribution in [0, 0.1) is 17.7 Å². The highest BCUT2D eigenvalue weighted by Gasteiger charge is 2.29. The molecule has 4 rings (SSSR count). The van der Waals surface area contributed by atoms with Crippen LogP contribution in [-0.2, 0) is 11.2 Å². The lowest BCUT2D eigenvalue weighted by Gasteiger charge is -2.29. The fourth-order valence-electron chi connectivity index (χ4n) is 4.39. The first kappa shape index (κ1) is 23.3. The number of anilines is 2. The average molecular weight is 450 g/mol. The molecule has 2 aliphatic rings. The Bertz CT molecular complexity index is 1120. The fraction of sp³-hybridized carbons (Fsp3) is 0.444. The summed E-state index contributed by atoms with van der Waals surface area (Å²) in [5, 5.41) is 0. The number of ether oxygens (including phenoxy) is 1. The number of methoxy groups -OCH3 is 1. The van der Waals surface area contributed by atoms with E-state index in [2.05, 4.69) is 35.7 Å². The zero-order valence-corrected chi connectivity index (χ0v) is 20.1. The molecule has 2 heterocycles. The summed E-state index contributed by atoms with van der Waals surface area (Å²) < 4.78 is 20.4. The molecule has 2 aromatic carbocycles. The molecular weight excluding hydrogens is 417 g/mol. The molecule has 1 atom stereocenters. The van der Waals surface area contributed by atoms with Crippen LogP contribution in [0.25, 0.3) is 0 Å². The van der Waals surface area contributed by atoms with Gasteiger partial charge in [0, 0.05) is 49.6 Å². The van der Waals surface area contributed by atoms with Gasteiger partial charge in [0.15, 0.2) is 0 Å². The molecule has 6 heteroatoms. The first-order valence-electron chi connectivity index (χ1n) is 11.4. The molecule has 1 saturated heterocycles. The number of halogens is 1. The molecule has 33 heavy (non-hydrogen) atoms. The summed E-state index contributed by atoms with van der Waals surface area (Å²) in [6.07, 6.45) is 1.72. The Morgan fingerprint density at radius 3 is 2.61 bits per heavy atom. The van der Waals surface area contributed by atoms with Gasteiger partial charge in [-0.2, -0.15) is 0 Å². The zero-order chi connectivity index (χ0) is 23.8. The lowest BCUT2D eigenvalue weighted by molar-refractivity contribution is 0.0741. The van der Waals surface area contributed by atoms with E-state index >= 15 is 4.39 Å². The molecule has 0 unspecified atom stereocenters. The summed E-state index contributed by atoms with van der Waals surface area (Å²) in [5.74, 6) is 5.86. The minimum atomic E-state index is -0.527. The van der Waals surface area contributed by atoms with Gasteiger partial charge in [-0.1, -0.05) is 11.8 Å². The Hall–Kier alpha value is -2.88. The van der Waals surface area contributed by atoms with Gasteiger partial charge in [-0.25, -0.2) is 4.39 Å². The van der Waals surface area contributed by atoms with E-state index in [-0.39, 0.29) is 11.7 Å². The molecule has 2 aromatic rings. The summed E-state index contributed by atoms with van der Waals surface area (Å²) in [7, 11) is 5.75. The first-order valence-corrected chi connectivity index (χ1v) is 11.4. The van der Waals surface area contributed by atoms with E-state index in [1.54, 1.807) is 12.0 Å². The number of hydrogen-bond donors (Lipinski definition) is 0. The molecule has 1 amide bonds. The second-order valence-corrected chi connectivity index (χ2v) is 9.53. The molecule has 0 aromatic heterocycles. The highest BCUT2D eigenvalue weighted by atomic mass is 19.1. The van der Waals surface area contributed by atoms with Crippen LogP contribution in [-0.4, -0.2) is 63.3 Å². The van der Waals surface area contributed by atoms with E-state index in [0.717, 1.165) is 30.6 Å². The second kappa shape index (κ2) is 9.17. The number of hydrogen-bond acceptors (Lipinski definition) is 4. The smallest absolute Gasteiger partial charge is 0.258 e. The summed E-state index contributed by atoms with van der Waals surface area (Å²) in [5.41, 5.74) is 3.16. The highest BCUT2D eigenvalue weighted by Crippen LogP contribution is 2.31. The summed E-state index contributed by atoms with van der Waals surface area (Å²) >= 11 is 0. The lowest BCUT2D eigenvalue weighted by atomic mass is 9.96. The van der Waals surface area contributed by atoms with Crippen molar-refractivity contribution in [2.24, 2.45) is 0 Å². The number of likely N-dealkylation sites (N-methyl/N-ethyl adjacent to an activating group) is 1. The first-order chi connectivity index (χ1) is 15.7. The third kappa shape index (κ3) is 4.90. The third-order valence-corrected chi connectivity index (χ3v) is 6.68. The third-order valence-electron chi connectivity index (χ3n) is 6.68. The van der Waals surface area contributed by atoms with Crippen LogP contribution in [0.15, 0.2) is 36.4 Å². The summed E-state index contributed by atoms with van der Waals surface area (Å²) in [6, 6.07) is 11.2. The minimum Gasteiger partial charge on any atom is -0.368 e. The molecule has 0 radical (unpaired) electrons. The summed E-state index contributed by atoms with van der Waals surface area (Å²) in [4.78, 5) is 19.1. The Labute approximate surface area is 196 Å². The van der Waals surface area contributed by atoms with Crippen molar-refractivity contribution < 1.29 is 13.9 Å². The Kier molecular flexibility index (Phi) is 6.47. The van der Waals surface area contributed by atoms with Crippen LogP contribution in [0.4, 0.5) is 15.8 Å². The normalized spacial score (nSPS) is 18.4. The molecule has 0 aliphatic carbocycles. The second-order valence-electron chi connectivity index (χ2n) is 9.53. The molecular formula is C27H32FN3O2. The Balaban J connectivity index is 1.52. The van der Waals surface area contributed by atoms with E-state index < -0.39 is 5.60 Å². The maximum atomic E-state index is 15.1. The van der Waals surface area contributed by atoms with Crippen LogP contribution in [0.2, 0.25) is 0 Å².